The molecule has 1 saturated carbocycles. The lowest BCUT2D eigenvalue weighted by Gasteiger charge is -2.30. The van der Waals surface area contributed by atoms with Crippen LogP contribution in [-0.4, -0.2) is 49.8 Å². The summed E-state index contributed by atoms with van der Waals surface area (Å²) in [7, 11) is -3.82. The molecule has 2 fully saturated rings. The zero-order valence-electron chi connectivity index (χ0n) is 20.0. The Hall–Kier alpha value is -2.46. The van der Waals surface area contributed by atoms with Gasteiger partial charge in [0, 0.05) is 17.5 Å². The Morgan fingerprint density at radius 1 is 1.06 bits per heavy atom. The zero-order chi connectivity index (χ0) is 26.0. The van der Waals surface area contributed by atoms with E-state index in [2.05, 4.69) is 4.72 Å². The maximum atomic E-state index is 15.6. The molecule has 1 heterocycles. The van der Waals surface area contributed by atoms with Gasteiger partial charge in [0.25, 0.3) is 0 Å². The fraction of sp³-hybridized carbons (Fsp3) is 0.500. The second-order valence-corrected chi connectivity index (χ2v) is 11.6. The fourth-order valence-electron chi connectivity index (χ4n) is 4.97. The molecule has 3 atom stereocenters. The van der Waals surface area contributed by atoms with Crippen LogP contribution in [0.4, 0.5) is 17.6 Å². The molecule has 2 aromatic rings. The van der Waals surface area contributed by atoms with Gasteiger partial charge in [0.05, 0.1) is 24.4 Å². The van der Waals surface area contributed by atoms with Crippen LogP contribution in [0.25, 0.3) is 11.1 Å². The van der Waals surface area contributed by atoms with E-state index < -0.39 is 45.7 Å². The topological polar surface area (TPSA) is 66.5 Å². The number of alkyl halides is 1. The highest BCUT2D eigenvalue weighted by Gasteiger charge is 2.46. The molecular formula is C26H30F4N2O3S. The van der Waals surface area contributed by atoms with E-state index in [1.165, 1.54) is 42.2 Å². The van der Waals surface area contributed by atoms with Crippen molar-refractivity contribution >= 4 is 15.9 Å². The zero-order valence-corrected chi connectivity index (χ0v) is 20.8. The standard InChI is InChI=1S/C26H30F4N2O3S/c1-2-36(34,35)31-26-21(28)15-32(23(33)13-12-16-6-3-7-16)22(26)14-17-8-4-9-18(24(17)29)19-10-5-11-20(27)25(19)30/h4-5,8-11,16,21-22,26,31H,2-3,6-7,12-15H2,1H3/t21-,22-,26-/m0/s1. The van der Waals surface area contributed by atoms with Crippen molar-refractivity contribution in [1.82, 2.24) is 9.62 Å². The minimum atomic E-state index is -3.82. The number of rotatable bonds is 9. The number of carbonyl (C=O) groups is 1. The largest absolute Gasteiger partial charge is 0.335 e. The second kappa shape index (κ2) is 10.9. The van der Waals surface area contributed by atoms with Gasteiger partial charge < -0.3 is 4.90 Å². The van der Waals surface area contributed by atoms with E-state index >= 15 is 8.78 Å². The monoisotopic (exact) mass is 526 g/mol. The number of benzene rings is 2. The average molecular weight is 527 g/mol. The van der Waals surface area contributed by atoms with E-state index in [1.807, 2.05) is 0 Å². The molecule has 0 bridgehead atoms. The molecular weight excluding hydrogens is 496 g/mol. The smallest absolute Gasteiger partial charge is 0.222 e. The first-order valence-electron chi connectivity index (χ1n) is 12.3. The average Bonchev–Trinajstić information content (AvgIpc) is 3.11. The Morgan fingerprint density at radius 3 is 2.36 bits per heavy atom. The number of hydrogen-bond acceptors (Lipinski definition) is 3. The lowest BCUT2D eigenvalue weighted by atomic mass is 9.82. The molecule has 2 aromatic carbocycles. The van der Waals surface area contributed by atoms with Crippen molar-refractivity contribution in [3.63, 3.8) is 0 Å². The third kappa shape index (κ3) is 5.59. The molecule has 1 N–H and O–H groups in total. The number of carbonyl (C=O) groups excluding carboxylic acids is 1. The summed E-state index contributed by atoms with van der Waals surface area (Å²) in [4.78, 5) is 14.4. The van der Waals surface area contributed by atoms with Crippen LogP contribution in [0.2, 0.25) is 0 Å². The van der Waals surface area contributed by atoms with Crippen LogP contribution in [0.5, 0.6) is 0 Å². The van der Waals surface area contributed by atoms with E-state index in [9.17, 15) is 22.0 Å². The van der Waals surface area contributed by atoms with E-state index in [0.29, 0.717) is 12.3 Å². The summed E-state index contributed by atoms with van der Waals surface area (Å²) in [6.45, 7) is 1.11. The van der Waals surface area contributed by atoms with Crippen molar-refractivity contribution in [1.29, 1.82) is 0 Å². The predicted molar refractivity (Wildman–Crippen MR) is 129 cm³/mol. The summed E-state index contributed by atoms with van der Waals surface area (Å²) in [5.74, 6) is -3.27. The summed E-state index contributed by atoms with van der Waals surface area (Å²) < 4.78 is 85.7. The first kappa shape index (κ1) is 26.6. The van der Waals surface area contributed by atoms with E-state index in [1.54, 1.807) is 0 Å². The Morgan fingerprint density at radius 2 is 1.72 bits per heavy atom. The van der Waals surface area contributed by atoms with Crippen molar-refractivity contribution in [3.05, 3.63) is 59.4 Å². The maximum absolute atomic E-state index is 15.6. The molecule has 36 heavy (non-hydrogen) atoms. The minimum absolute atomic E-state index is 0.0488. The summed E-state index contributed by atoms with van der Waals surface area (Å²) in [6.07, 6.45) is 2.25. The molecule has 0 aromatic heterocycles. The predicted octanol–water partition coefficient (Wildman–Crippen LogP) is 4.75. The third-order valence-electron chi connectivity index (χ3n) is 7.33. The highest BCUT2D eigenvalue weighted by Crippen LogP contribution is 2.34. The summed E-state index contributed by atoms with van der Waals surface area (Å²) >= 11 is 0. The summed E-state index contributed by atoms with van der Waals surface area (Å²) in [6, 6.07) is 5.41. The lowest BCUT2D eigenvalue weighted by molar-refractivity contribution is -0.132. The highest BCUT2D eigenvalue weighted by molar-refractivity contribution is 7.89. The molecule has 0 radical (unpaired) electrons. The van der Waals surface area contributed by atoms with Gasteiger partial charge in [-0.2, -0.15) is 0 Å². The maximum Gasteiger partial charge on any atom is 0.222 e. The molecule has 2 aliphatic rings. The number of amides is 1. The van der Waals surface area contributed by atoms with Crippen LogP contribution in [0.3, 0.4) is 0 Å². The Bertz CT molecular complexity index is 1220. The van der Waals surface area contributed by atoms with Crippen molar-refractivity contribution in [2.75, 3.05) is 12.3 Å². The Labute approximate surface area is 208 Å². The summed E-state index contributed by atoms with van der Waals surface area (Å²) in [5.41, 5.74) is -0.388. The number of nitrogens with zero attached hydrogens (tertiary/aromatic N) is 1. The molecule has 196 valence electrons. The number of halogens is 4. The van der Waals surface area contributed by atoms with Crippen LogP contribution < -0.4 is 4.72 Å². The van der Waals surface area contributed by atoms with Crippen LogP contribution >= 0.6 is 0 Å². The number of sulfonamides is 1. The van der Waals surface area contributed by atoms with Gasteiger partial charge in [-0.3, -0.25) is 4.79 Å². The van der Waals surface area contributed by atoms with Gasteiger partial charge in [-0.05, 0) is 37.3 Å². The van der Waals surface area contributed by atoms with E-state index in [0.717, 1.165) is 25.3 Å². The number of likely N-dealkylation sites (tertiary alicyclic amines) is 1. The minimum Gasteiger partial charge on any atom is -0.335 e. The molecule has 1 amide bonds. The second-order valence-electron chi connectivity index (χ2n) is 9.60. The first-order chi connectivity index (χ1) is 17.1. The van der Waals surface area contributed by atoms with Gasteiger partial charge >= 0.3 is 0 Å². The Balaban J connectivity index is 1.65. The van der Waals surface area contributed by atoms with Crippen molar-refractivity contribution in [2.45, 2.75) is 63.7 Å². The van der Waals surface area contributed by atoms with Gasteiger partial charge in [0.2, 0.25) is 15.9 Å². The van der Waals surface area contributed by atoms with Gasteiger partial charge in [-0.25, -0.2) is 30.7 Å². The molecule has 0 unspecified atom stereocenters. The molecule has 0 spiro atoms. The van der Waals surface area contributed by atoms with Crippen LogP contribution in [-0.2, 0) is 21.2 Å². The molecule has 5 nitrogen and oxygen atoms in total. The summed E-state index contributed by atoms with van der Waals surface area (Å²) in [5, 5.41) is 0. The van der Waals surface area contributed by atoms with Crippen LogP contribution in [0.1, 0.15) is 44.6 Å². The molecule has 1 saturated heterocycles. The number of nitrogens with one attached hydrogen (secondary N) is 1. The molecule has 1 aliphatic carbocycles. The van der Waals surface area contributed by atoms with Gasteiger partial charge in [-0.1, -0.05) is 49.6 Å². The molecule has 4 rings (SSSR count). The normalized spacial score (nSPS) is 22.6. The Kier molecular flexibility index (Phi) is 8.04. The van der Waals surface area contributed by atoms with E-state index in [-0.39, 0.29) is 47.7 Å². The highest BCUT2D eigenvalue weighted by atomic mass is 32.2. The lowest BCUT2D eigenvalue weighted by Crippen LogP contribution is -2.50. The van der Waals surface area contributed by atoms with Gasteiger partial charge in [0.1, 0.15) is 12.0 Å². The number of hydrogen-bond donors (Lipinski definition) is 1. The van der Waals surface area contributed by atoms with Gasteiger partial charge in [-0.15, -0.1) is 0 Å². The van der Waals surface area contributed by atoms with Crippen LogP contribution in [0, 0.1) is 23.4 Å². The third-order valence-corrected chi connectivity index (χ3v) is 8.72. The molecule has 1 aliphatic heterocycles. The SMILES string of the molecule is CCS(=O)(=O)N[C@H]1[C@@H](F)CN(C(=O)CCC2CCC2)[C@H]1Cc1cccc(-c2cccc(F)c2F)c1F. The van der Waals surface area contributed by atoms with Crippen molar-refractivity contribution in [2.24, 2.45) is 5.92 Å². The quantitative estimate of drug-likeness (QED) is 0.480. The van der Waals surface area contributed by atoms with Gasteiger partial charge in [0.15, 0.2) is 11.6 Å². The van der Waals surface area contributed by atoms with Crippen molar-refractivity contribution in [3.8, 4) is 11.1 Å². The first-order valence-corrected chi connectivity index (χ1v) is 13.9. The van der Waals surface area contributed by atoms with Crippen LogP contribution in [0.15, 0.2) is 36.4 Å². The fourth-order valence-corrected chi connectivity index (χ4v) is 5.86. The molecule has 10 heteroatoms. The van der Waals surface area contributed by atoms with Crippen molar-refractivity contribution < 1.29 is 30.8 Å². The van der Waals surface area contributed by atoms with E-state index in [4.69, 9.17) is 0 Å².